The summed E-state index contributed by atoms with van der Waals surface area (Å²) in [6.45, 7) is 1.75. The standard InChI is InChI=1S/C20H21NO3/c1-15-9-11-16(12-10-15)18(14-21(23)24)20(13-5-8-19(20)22)17-6-3-2-4-7-17/h2-4,6-7,9-12,18H,5,8,13-14H2,1H3/t18-,20+/m0/s1. The van der Waals surface area contributed by atoms with E-state index in [1.165, 1.54) is 0 Å². The second-order valence-corrected chi connectivity index (χ2v) is 6.59. The molecule has 24 heavy (non-hydrogen) atoms. The van der Waals surface area contributed by atoms with Gasteiger partial charge in [0.25, 0.3) is 0 Å². The second-order valence-electron chi connectivity index (χ2n) is 6.59. The summed E-state index contributed by atoms with van der Waals surface area (Å²) in [6, 6.07) is 17.4. The Hall–Kier alpha value is -2.49. The van der Waals surface area contributed by atoms with E-state index in [1.54, 1.807) is 0 Å². The normalized spacial score (nSPS) is 21.6. The van der Waals surface area contributed by atoms with Crippen LogP contribution in [0.5, 0.6) is 0 Å². The van der Waals surface area contributed by atoms with Gasteiger partial charge in [-0.05, 0) is 30.9 Å². The zero-order chi connectivity index (χ0) is 17.2. The van der Waals surface area contributed by atoms with Crippen molar-refractivity contribution >= 4 is 5.78 Å². The first kappa shape index (κ1) is 16.4. The Balaban J connectivity index is 2.16. The van der Waals surface area contributed by atoms with Crippen LogP contribution in [0, 0.1) is 17.0 Å². The molecule has 2 aromatic rings. The largest absolute Gasteiger partial charge is 0.299 e. The maximum Gasteiger partial charge on any atom is 0.211 e. The van der Waals surface area contributed by atoms with Gasteiger partial charge in [0.1, 0.15) is 5.78 Å². The van der Waals surface area contributed by atoms with Gasteiger partial charge in [-0.3, -0.25) is 14.9 Å². The van der Waals surface area contributed by atoms with Gasteiger partial charge in [0, 0.05) is 11.3 Å². The van der Waals surface area contributed by atoms with E-state index in [1.807, 2.05) is 61.5 Å². The highest BCUT2D eigenvalue weighted by Crippen LogP contribution is 2.48. The minimum atomic E-state index is -0.788. The van der Waals surface area contributed by atoms with E-state index in [9.17, 15) is 14.9 Å². The topological polar surface area (TPSA) is 60.2 Å². The number of aryl methyl sites for hydroxylation is 1. The van der Waals surface area contributed by atoms with Crippen LogP contribution in [-0.2, 0) is 10.2 Å². The molecule has 124 valence electrons. The lowest BCUT2D eigenvalue weighted by atomic mass is 9.65. The molecular weight excluding hydrogens is 302 g/mol. The zero-order valence-corrected chi connectivity index (χ0v) is 13.8. The summed E-state index contributed by atoms with van der Waals surface area (Å²) in [4.78, 5) is 24.0. The molecule has 0 amide bonds. The average Bonchev–Trinajstić information content (AvgIpc) is 2.96. The lowest BCUT2D eigenvalue weighted by Crippen LogP contribution is -2.41. The number of nitrogens with zero attached hydrogens (tertiary/aromatic N) is 1. The fraction of sp³-hybridized carbons (Fsp3) is 0.350. The first-order chi connectivity index (χ1) is 11.5. The number of rotatable bonds is 5. The lowest BCUT2D eigenvalue weighted by Gasteiger charge is -2.35. The number of nitro groups is 1. The Morgan fingerprint density at radius 3 is 2.33 bits per heavy atom. The molecule has 0 saturated heterocycles. The summed E-state index contributed by atoms with van der Waals surface area (Å²) >= 11 is 0. The van der Waals surface area contributed by atoms with Crippen LogP contribution in [0.2, 0.25) is 0 Å². The van der Waals surface area contributed by atoms with E-state index in [0.29, 0.717) is 12.8 Å². The fourth-order valence-electron chi connectivity index (χ4n) is 3.99. The van der Waals surface area contributed by atoms with Crippen LogP contribution >= 0.6 is 0 Å². The Bertz CT molecular complexity index is 739. The van der Waals surface area contributed by atoms with Crippen LogP contribution in [0.1, 0.15) is 41.9 Å². The summed E-state index contributed by atoms with van der Waals surface area (Å²) in [5, 5.41) is 11.4. The van der Waals surface area contributed by atoms with Crippen molar-refractivity contribution in [2.45, 2.75) is 37.5 Å². The summed E-state index contributed by atoms with van der Waals surface area (Å²) in [5.74, 6) is -0.313. The average molecular weight is 323 g/mol. The van der Waals surface area contributed by atoms with E-state index in [0.717, 1.165) is 23.1 Å². The van der Waals surface area contributed by atoms with Crippen molar-refractivity contribution in [3.05, 3.63) is 81.4 Å². The molecule has 0 spiro atoms. The number of ketones is 1. The first-order valence-corrected chi connectivity index (χ1v) is 8.31. The van der Waals surface area contributed by atoms with Gasteiger partial charge in [-0.2, -0.15) is 0 Å². The minimum Gasteiger partial charge on any atom is -0.299 e. The summed E-state index contributed by atoms with van der Waals surface area (Å²) in [7, 11) is 0. The van der Waals surface area contributed by atoms with Gasteiger partial charge in [-0.25, -0.2) is 0 Å². The summed E-state index contributed by atoms with van der Waals surface area (Å²) in [5.41, 5.74) is 2.09. The van der Waals surface area contributed by atoms with E-state index in [4.69, 9.17) is 0 Å². The number of benzene rings is 2. The molecule has 1 aliphatic rings. The maximum atomic E-state index is 12.9. The van der Waals surface area contributed by atoms with Gasteiger partial charge < -0.3 is 0 Å². The van der Waals surface area contributed by atoms with Crippen molar-refractivity contribution in [1.82, 2.24) is 0 Å². The second kappa shape index (κ2) is 6.56. The SMILES string of the molecule is Cc1ccc([C@H](C[N+](=O)[O-])[C@]2(c3ccccc3)CCCC2=O)cc1. The zero-order valence-electron chi connectivity index (χ0n) is 13.8. The Morgan fingerprint density at radius 2 is 1.79 bits per heavy atom. The Labute approximate surface area is 141 Å². The van der Waals surface area contributed by atoms with Crippen LogP contribution in [0.4, 0.5) is 0 Å². The van der Waals surface area contributed by atoms with Crippen LogP contribution in [0.25, 0.3) is 0 Å². The van der Waals surface area contributed by atoms with E-state index in [-0.39, 0.29) is 17.3 Å². The van der Waals surface area contributed by atoms with Crippen LogP contribution in [0.15, 0.2) is 54.6 Å². The molecule has 0 heterocycles. The predicted octanol–water partition coefficient (Wildman–Crippen LogP) is 4.05. The van der Waals surface area contributed by atoms with Crippen LogP contribution in [0.3, 0.4) is 0 Å². The molecular formula is C20H21NO3. The third-order valence-electron chi connectivity index (χ3n) is 5.17. The maximum absolute atomic E-state index is 12.9. The van der Waals surface area contributed by atoms with Crippen molar-refractivity contribution in [3.8, 4) is 0 Å². The predicted molar refractivity (Wildman–Crippen MR) is 92.8 cm³/mol. The van der Waals surface area contributed by atoms with Crippen molar-refractivity contribution in [1.29, 1.82) is 0 Å². The first-order valence-electron chi connectivity index (χ1n) is 8.31. The quantitative estimate of drug-likeness (QED) is 0.616. The number of carbonyl (C=O) groups is 1. The number of Topliss-reactive ketones (excluding diaryl/α,β-unsaturated/α-hetero) is 1. The van der Waals surface area contributed by atoms with Crippen molar-refractivity contribution in [2.24, 2.45) is 0 Å². The van der Waals surface area contributed by atoms with Gasteiger partial charge in [0.05, 0.1) is 11.3 Å². The monoisotopic (exact) mass is 323 g/mol. The number of carbonyl (C=O) groups excluding carboxylic acids is 1. The minimum absolute atomic E-state index is 0.126. The third kappa shape index (κ3) is 2.84. The molecule has 0 radical (unpaired) electrons. The molecule has 1 fully saturated rings. The molecule has 2 aromatic carbocycles. The molecule has 0 aromatic heterocycles. The molecule has 3 rings (SSSR count). The fourth-order valence-corrected chi connectivity index (χ4v) is 3.99. The molecule has 0 unspecified atom stereocenters. The third-order valence-corrected chi connectivity index (χ3v) is 5.17. The highest BCUT2D eigenvalue weighted by molar-refractivity contribution is 5.93. The van der Waals surface area contributed by atoms with Gasteiger partial charge in [0.2, 0.25) is 6.54 Å². The number of hydrogen-bond acceptors (Lipinski definition) is 3. The molecule has 0 bridgehead atoms. The van der Waals surface area contributed by atoms with Crippen molar-refractivity contribution in [3.63, 3.8) is 0 Å². The molecule has 0 aliphatic heterocycles. The van der Waals surface area contributed by atoms with Crippen LogP contribution < -0.4 is 0 Å². The Kier molecular flexibility index (Phi) is 4.47. The smallest absolute Gasteiger partial charge is 0.211 e. The van der Waals surface area contributed by atoms with Crippen molar-refractivity contribution < 1.29 is 9.72 Å². The van der Waals surface area contributed by atoms with Gasteiger partial charge in [0.15, 0.2) is 0 Å². The molecule has 4 heteroatoms. The summed E-state index contributed by atoms with van der Waals surface area (Å²) < 4.78 is 0. The molecule has 2 atom stereocenters. The number of hydrogen-bond donors (Lipinski definition) is 0. The molecule has 1 aliphatic carbocycles. The molecule has 1 saturated carbocycles. The lowest BCUT2D eigenvalue weighted by molar-refractivity contribution is -0.485. The summed E-state index contributed by atoms with van der Waals surface area (Å²) in [6.07, 6.45) is 1.95. The Morgan fingerprint density at radius 1 is 1.12 bits per heavy atom. The van der Waals surface area contributed by atoms with Crippen molar-refractivity contribution in [2.75, 3.05) is 6.54 Å². The van der Waals surface area contributed by atoms with Gasteiger partial charge >= 0.3 is 0 Å². The highest BCUT2D eigenvalue weighted by Gasteiger charge is 2.51. The highest BCUT2D eigenvalue weighted by atomic mass is 16.6. The van der Waals surface area contributed by atoms with E-state index >= 15 is 0 Å². The van der Waals surface area contributed by atoms with E-state index < -0.39 is 11.3 Å². The van der Waals surface area contributed by atoms with E-state index in [2.05, 4.69) is 0 Å². The molecule has 4 nitrogen and oxygen atoms in total. The van der Waals surface area contributed by atoms with Gasteiger partial charge in [-0.15, -0.1) is 0 Å². The molecule has 0 N–H and O–H groups in total. The van der Waals surface area contributed by atoms with Crippen LogP contribution in [-0.4, -0.2) is 17.3 Å². The van der Waals surface area contributed by atoms with Gasteiger partial charge in [-0.1, -0.05) is 60.2 Å².